The minimum absolute atomic E-state index is 0.113. The largest absolute Gasteiger partial charge is 0.381 e. The standard InChI is InChI=1S/C14H12OS/c15-14-13(10-6-2-1-3-7-10)11-8-4-5-9-12(11)16-14/h1-9,13-15H. The molecule has 2 aromatic carbocycles. The van der Waals surface area contributed by atoms with E-state index in [1.54, 1.807) is 11.8 Å². The molecule has 1 N–H and O–H groups in total. The molecule has 0 radical (unpaired) electrons. The zero-order valence-electron chi connectivity index (χ0n) is 8.71. The van der Waals surface area contributed by atoms with Gasteiger partial charge in [-0.2, -0.15) is 0 Å². The van der Waals surface area contributed by atoms with Gasteiger partial charge in [-0.1, -0.05) is 60.3 Å². The first-order valence-corrected chi connectivity index (χ1v) is 6.23. The predicted octanol–water partition coefficient (Wildman–Crippen LogP) is 3.24. The van der Waals surface area contributed by atoms with Crippen molar-refractivity contribution in [1.29, 1.82) is 0 Å². The molecular formula is C14H12OS. The van der Waals surface area contributed by atoms with E-state index in [1.807, 2.05) is 30.3 Å². The number of thioether (sulfide) groups is 1. The Kier molecular flexibility index (Phi) is 2.46. The second-order valence-corrected chi connectivity index (χ2v) is 5.09. The van der Waals surface area contributed by atoms with Crippen LogP contribution in [0.15, 0.2) is 59.5 Å². The lowest BCUT2D eigenvalue weighted by Crippen LogP contribution is -2.10. The van der Waals surface area contributed by atoms with Gasteiger partial charge in [-0.05, 0) is 17.2 Å². The van der Waals surface area contributed by atoms with Gasteiger partial charge in [0.25, 0.3) is 0 Å². The Morgan fingerprint density at radius 1 is 0.875 bits per heavy atom. The van der Waals surface area contributed by atoms with Crippen molar-refractivity contribution in [2.75, 3.05) is 0 Å². The van der Waals surface area contributed by atoms with E-state index in [0.717, 1.165) is 0 Å². The van der Waals surface area contributed by atoms with Crippen molar-refractivity contribution >= 4 is 11.8 Å². The Balaban J connectivity index is 2.09. The topological polar surface area (TPSA) is 20.2 Å². The maximum Gasteiger partial charge on any atom is 0.115 e. The van der Waals surface area contributed by atoms with E-state index in [1.165, 1.54) is 16.0 Å². The van der Waals surface area contributed by atoms with Crippen LogP contribution in [0.25, 0.3) is 0 Å². The van der Waals surface area contributed by atoms with Crippen molar-refractivity contribution in [2.24, 2.45) is 0 Å². The first-order chi connectivity index (χ1) is 7.86. The number of hydrogen-bond acceptors (Lipinski definition) is 2. The highest BCUT2D eigenvalue weighted by Gasteiger charge is 2.32. The summed E-state index contributed by atoms with van der Waals surface area (Å²) in [5.41, 5.74) is 2.07. The number of aliphatic hydroxyl groups excluding tert-OH is 1. The summed E-state index contributed by atoms with van der Waals surface area (Å²) in [5, 5.41) is 10.1. The minimum Gasteiger partial charge on any atom is -0.381 e. The van der Waals surface area contributed by atoms with Crippen LogP contribution in [0, 0.1) is 0 Å². The Hall–Kier alpha value is -1.25. The predicted molar refractivity (Wildman–Crippen MR) is 66.6 cm³/mol. The summed E-state index contributed by atoms with van der Waals surface area (Å²) in [6, 6.07) is 18.4. The normalized spacial score (nSPS) is 23.1. The Bertz CT molecular complexity index is 495. The van der Waals surface area contributed by atoms with Crippen LogP contribution in [0.3, 0.4) is 0 Å². The molecule has 0 amide bonds. The van der Waals surface area contributed by atoms with Crippen LogP contribution in [0.5, 0.6) is 0 Å². The van der Waals surface area contributed by atoms with Gasteiger partial charge < -0.3 is 5.11 Å². The molecule has 0 spiro atoms. The van der Waals surface area contributed by atoms with E-state index in [4.69, 9.17) is 0 Å². The second kappa shape index (κ2) is 3.96. The van der Waals surface area contributed by atoms with Crippen LogP contribution < -0.4 is 0 Å². The smallest absolute Gasteiger partial charge is 0.115 e. The van der Waals surface area contributed by atoms with Crippen molar-refractivity contribution in [3.8, 4) is 0 Å². The molecule has 16 heavy (non-hydrogen) atoms. The molecule has 1 nitrogen and oxygen atoms in total. The summed E-state index contributed by atoms with van der Waals surface area (Å²) in [4.78, 5) is 1.20. The molecule has 1 aliphatic heterocycles. The maximum absolute atomic E-state index is 10.1. The van der Waals surface area contributed by atoms with Gasteiger partial charge in [0.05, 0.1) is 0 Å². The van der Waals surface area contributed by atoms with E-state index in [2.05, 4.69) is 24.3 Å². The number of hydrogen-bond donors (Lipinski definition) is 1. The number of aliphatic hydroxyl groups is 1. The zero-order chi connectivity index (χ0) is 11.0. The average molecular weight is 228 g/mol. The fourth-order valence-electron chi connectivity index (χ4n) is 2.20. The summed E-state index contributed by atoms with van der Waals surface area (Å²) in [7, 11) is 0. The Labute approximate surface area is 99.1 Å². The van der Waals surface area contributed by atoms with Crippen LogP contribution in [0.2, 0.25) is 0 Å². The van der Waals surface area contributed by atoms with Crippen molar-refractivity contribution in [3.05, 3.63) is 65.7 Å². The summed E-state index contributed by atoms with van der Waals surface area (Å²) in [6.07, 6.45) is 0. The molecule has 3 rings (SSSR count). The molecule has 0 bridgehead atoms. The molecule has 80 valence electrons. The fraction of sp³-hybridized carbons (Fsp3) is 0.143. The van der Waals surface area contributed by atoms with Gasteiger partial charge in [0.2, 0.25) is 0 Å². The van der Waals surface area contributed by atoms with Gasteiger partial charge >= 0.3 is 0 Å². The number of fused-ring (bicyclic) bond motifs is 1. The Morgan fingerprint density at radius 2 is 1.56 bits per heavy atom. The molecule has 2 aromatic rings. The third kappa shape index (κ3) is 1.55. The van der Waals surface area contributed by atoms with Crippen LogP contribution in [0.1, 0.15) is 17.0 Å². The first-order valence-electron chi connectivity index (χ1n) is 5.35. The van der Waals surface area contributed by atoms with Crippen LogP contribution in [-0.4, -0.2) is 10.5 Å². The van der Waals surface area contributed by atoms with E-state index >= 15 is 0 Å². The highest BCUT2D eigenvalue weighted by atomic mass is 32.2. The lowest BCUT2D eigenvalue weighted by molar-refractivity contribution is 0.249. The lowest BCUT2D eigenvalue weighted by Gasteiger charge is -2.15. The SMILES string of the molecule is OC1Sc2ccccc2C1c1ccccc1. The second-order valence-electron chi connectivity index (χ2n) is 3.93. The van der Waals surface area contributed by atoms with Gasteiger partial charge in [0.15, 0.2) is 0 Å². The van der Waals surface area contributed by atoms with Crippen LogP contribution in [0.4, 0.5) is 0 Å². The summed E-state index contributed by atoms with van der Waals surface area (Å²) < 4.78 is 0. The summed E-state index contributed by atoms with van der Waals surface area (Å²) >= 11 is 1.55. The molecule has 2 heteroatoms. The molecule has 2 unspecified atom stereocenters. The molecule has 0 saturated carbocycles. The van der Waals surface area contributed by atoms with E-state index < -0.39 is 0 Å². The number of rotatable bonds is 1. The van der Waals surface area contributed by atoms with E-state index in [-0.39, 0.29) is 11.4 Å². The van der Waals surface area contributed by atoms with E-state index in [9.17, 15) is 5.11 Å². The van der Waals surface area contributed by atoms with Gasteiger partial charge in [-0.3, -0.25) is 0 Å². The molecule has 0 fully saturated rings. The third-order valence-electron chi connectivity index (χ3n) is 2.95. The number of benzene rings is 2. The highest BCUT2D eigenvalue weighted by Crippen LogP contribution is 2.46. The molecule has 0 aromatic heterocycles. The maximum atomic E-state index is 10.1. The summed E-state index contributed by atoms with van der Waals surface area (Å²) in [6.45, 7) is 0. The minimum atomic E-state index is -0.361. The van der Waals surface area contributed by atoms with Gasteiger partial charge in [-0.25, -0.2) is 0 Å². The van der Waals surface area contributed by atoms with Crippen molar-refractivity contribution in [1.82, 2.24) is 0 Å². The van der Waals surface area contributed by atoms with Crippen LogP contribution >= 0.6 is 11.8 Å². The summed E-state index contributed by atoms with van der Waals surface area (Å²) in [5.74, 6) is 0.113. The fourth-order valence-corrected chi connectivity index (χ4v) is 3.39. The van der Waals surface area contributed by atoms with E-state index in [0.29, 0.717) is 0 Å². The molecule has 2 atom stereocenters. The van der Waals surface area contributed by atoms with Gasteiger partial charge in [0, 0.05) is 10.8 Å². The van der Waals surface area contributed by atoms with Crippen molar-refractivity contribution in [2.45, 2.75) is 16.2 Å². The van der Waals surface area contributed by atoms with Crippen LogP contribution in [-0.2, 0) is 0 Å². The molecule has 0 aliphatic carbocycles. The molecule has 1 heterocycles. The monoisotopic (exact) mass is 228 g/mol. The zero-order valence-corrected chi connectivity index (χ0v) is 9.52. The molecule has 1 aliphatic rings. The molecule has 0 saturated heterocycles. The van der Waals surface area contributed by atoms with Gasteiger partial charge in [0.1, 0.15) is 5.44 Å². The first kappa shape index (κ1) is 9.94. The Morgan fingerprint density at radius 3 is 2.38 bits per heavy atom. The quantitative estimate of drug-likeness (QED) is 0.808. The van der Waals surface area contributed by atoms with Crippen molar-refractivity contribution in [3.63, 3.8) is 0 Å². The average Bonchev–Trinajstić information content (AvgIpc) is 2.66. The van der Waals surface area contributed by atoms with Crippen molar-refractivity contribution < 1.29 is 5.11 Å². The molecular weight excluding hydrogens is 216 g/mol. The highest BCUT2D eigenvalue weighted by molar-refractivity contribution is 8.00. The lowest BCUT2D eigenvalue weighted by atomic mass is 9.92. The van der Waals surface area contributed by atoms with Gasteiger partial charge in [-0.15, -0.1) is 0 Å². The third-order valence-corrected chi connectivity index (χ3v) is 4.09.